The first-order valence-corrected chi connectivity index (χ1v) is 6.26. The van der Waals surface area contributed by atoms with E-state index in [4.69, 9.17) is 0 Å². The highest BCUT2D eigenvalue weighted by Gasteiger charge is 2.02. The maximum atomic E-state index is 11.4. The molecule has 0 aliphatic carbocycles. The molecule has 1 aromatic heterocycles. The number of amides is 1. The van der Waals surface area contributed by atoms with E-state index in [2.05, 4.69) is 22.2 Å². The normalized spacial score (nSPS) is 10.1. The predicted molar refractivity (Wildman–Crippen MR) is 78.1 cm³/mol. The van der Waals surface area contributed by atoms with Crippen LogP contribution in [-0.4, -0.2) is 24.0 Å². The van der Waals surface area contributed by atoms with E-state index < -0.39 is 0 Å². The third-order valence-corrected chi connectivity index (χ3v) is 2.74. The van der Waals surface area contributed by atoms with Crippen molar-refractivity contribution in [3.05, 3.63) is 49.2 Å². The number of rotatable bonds is 6. The summed E-state index contributed by atoms with van der Waals surface area (Å²) in [4.78, 5) is 15.8. The number of aromatic nitrogens is 1. The molecular weight excluding hydrogens is 238 g/mol. The molecule has 0 aliphatic rings. The quantitative estimate of drug-likeness (QED) is 0.779. The van der Waals surface area contributed by atoms with Crippen molar-refractivity contribution in [2.75, 3.05) is 18.4 Å². The Hall–Kier alpha value is -2.36. The average Bonchev–Trinajstić information content (AvgIpc) is 2.45. The monoisotopic (exact) mass is 255 g/mol. The maximum Gasteiger partial charge on any atom is 0.222 e. The number of carbonyl (C=O) groups excluding carboxylic acids is 1. The molecule has 0 bridgehead atoms. The summed E-state index contributed by atoms with van der Waals surface area (Å²) < 4.78 is 0. The van der Waals surface area contributed by atoms with E-state index in [1.165, 1.54) is 0 Å². The van der Waals surface area contributed by atoms with Gasteiger partial charge in [0.15, 0.2) is 0 Å². The Kier molecular flexibility index (Phi) is 4.50. The van der Waals surface area contributed by atoms with Crippen LogP contribution in [0.3, 0.4) is 0 Å². The van der Waals surface area contributed by atoms with Crippen molar-refractivity contribution in [3.8, 4) is 0 Å². The topological polar surface area (TPSA) is 54.0 Å². The van der Waals surface area contributed by atoms with Gasteiger partial charge in [-0.2, -0.15) is 0 Å². The highest BCUT2D eigenvalue weighted by atomic mass is 16.1. The molecule has 2 N–H and O–H groups in total. The average molecular weight is 255 g/mol. The minimum absolute atomic E-state index is 0.0144. The van der Waals surface area contributed by atoms with E-state index >= 15 is 0 Å². The largest absolute Gasteiger partial charge is 0.383 e. The highest BCUT2D eigenvalue weighted by molar-refractivity contribution is 5.90. The summed E-state index contributed by atoms with van der Waals surface area (Å²) in [6, 6.07) is 9.89. The lowest BCUT2D eigenvalue weighted by molar-refractivity contribution is -0.120. The standard InChI is InChI=1S/C15H17N3O/c1-2-9-17-14(19)8-11-16-13-7-3-5-12-6-4-10-18-15(12)13/h2-7,10,16H,1,8-9,11H2,(H,17,19). The molecule has 4 nitrogen and oxygen atoms in total. The first-order valence-electron chi connectivity index (χ1n) is 6.26. The van der Waals surface area contributed by atoms with Crippen molar-refractivity contribution in [1.29, 1.82) is 0 Å². The molecule has 98 valence electrons. The smallest absolute Gasteiger partial charge is 0.222 e. The number of carbonyl (C=O) groups is 1. The number of nitrogens with one attached hydrogen (secondary N) is 2. The molecule has 0 aliphatic heterocycles. The van der Waals surface area contributed by atoms with Crippen molar-refractivity contribution >= 4 is 22.5 Å². The number of benzene rings is 1. The van der Waals surface area contributed by atoms with Gasteiger partial charge in [-0.25, -0.2) is 0 Å². The molecular formula is C15H17N3O. The summed E-state index contributed by atoms with van der Waals surface area (Å²) in [6.45, 7) is 4.65. The fraction of sp³-hybridized carbons (Fsp3) is 0.200. The van der Waals surface area contributed by atoms with Gasteiger partial charge in [-0.1, -0.05) is 24.3 Å². The van der Waals surface area contributed by atoms with Gasteiger partial charge in [0, 0.05) is 31.1 Å². The minimum Gasteiger partial charge on any atom is -0.383 e. The zero-order valence-corrected chi connectivity index (χ0v) is 10.7. The Bertz CT molecular complexity index is 575. The van der Waals surface area contributed by atoms with E-state index in [0.29, 0.717) is 19.5 Å². The lowest BCUT2D eigenvalue weighted by Gasteiger charge is -2.08. The zero-order valence-electron chi connectivity index (χ0n) is 10.7. The second-order valence-electron chi connectivity index (χ2n) is 4.15. The molecule has 0 saturated carbocycles. The lowest BCUT2D eigenvalue weighted by Crippen LogP contribution is -2.25. The number of hydrogen-bond acceptors (Lipinski definition) is 3. The lowest BCUT2D eigenvalue weighted by atomic mass is 10.2. The highest BCUT2D eigenvalue weighted by Crippen LogP contribution is 2.20. The van der Waals surface area contributed by atoms with Crippen molar-refractivity contribution in [3.63, 3.8) is 0 Å². The first kappa shape index (κ1) is 13.1. The molecule has 1 aromatic carbocycles. The van der Waals surface area contributed by atoms with E-state index in [1.54, 1.807) is 12.3 Å². The van der Waals surface area contributed by atoms with E-state index in [1.807, 2.05) is 30.3 Å². The van der Waals surface area contributed by atoms with Crippen molar-refractivity contribution in [2.45, 2.75) is 6.42 Å². The molecule has 0 unspecified atom stereocenters. The van der Waals surface area contributed by atoms with Gasteiger partial charge in [0.2, 0.25) is 5.91 Å². The number of anilines is 1. The van der Waals surface area contributed by atoms with Crippen molar-refractivity contribution in [2.24, 2.45) is 0 Å². The van der Waals surface area contributed by atoms with Crippen molar-refractivity contribution in [1.82, 2.24) is 10.3 Å². The SMILES string of the molecule is C=CCNC(=O)CCNc1cccc2cccnc12. The summed E-state index contributed by atoms with van der Waals surface area (Å²) in [7, 11) is 0. The van der Waals surface area contributed by atoms with Crippen LogP contribution in [0.5, 0.6) is 0 Å². The third-order valence-electron chi connectivity index (χ3n) is 2.74. The van der Waals surface area contributed by atoms with Crippen LogP contribution in [-0.2, 0) is 4.79 Å². The van der Waals surface area contributed by atoms with Crippen LogP contribution in [0, 0.1) is 0 Å². The Morgan fingerprint density at radius 2 is 2.16 bits per heavy atom. The van der Waals surface area contributed by atoms with Crippen LogP contribution in [0.15, 0.2) is 49.2 Å². The van der Waals surface area contributed by atoms with Gasteiger partial charge in [0.25, 0.3) is 0 Å². The molecule has 1 heterocycles. The van der Waals surface area contributed by atoms with Crippen LogP contribution in [0.1, 0.15) is 6.42 Å². The third kappa shape index (κ3) is 3.55. The molecule has 0 radical (unpaired) electrons. The molecule has 0 atom stereocenters. The first-order chi connectivity index (χ1) is 9.31. The van der Waals surface area contributed by atoms with E-state index in [0.717, 1.165) is 16.6 Å². The molecule has 2 aromatic rings. The maximum absolute atomic E-state index is 11.4. The van der Waals surface area contributed by atoms with E-state index in [9.17, 15) is 4.79 Å². The van der Waals surface area contributed by atoms with Gasteiger partial charge in [-0.05, 0) is 12.1 Å². The number of hydrogen-bond donors (Lipinski definition) is 2. The molecule has 2 rings (SSSR count). The second kappa shape index (κ2) is 6.54. The van der Waals surface area contributed by atoms with Gasteiger partial charge in [-0.3, -0.25) is 9.78 Å². The molecule has 19 heavy (non-hydrogen) atoms. The summed E-state index contributed by atoms with van der Waals surface area (Å²) in [5.41, 5.74) is 1.88. The predicted octanol–water partition coefficient (Wildman–Crippen LogP) is 2.34. The summed E-state index contributed by atoms with van der Waals surface area (Å²) in [5.74, 6) is 0.0144. The Morgan fingerprint density at radius 1 is 1.32 bits per heavy atom. The zero-order chi connectivity index (χ0) is 13.5. The summed E-state index contributed by atoms with van der Waals surface area (Å²) >= 11 is 0. The van der Waals surface area contributed by atoms with E-state index in [-0.39, 0.29) is 5.91 Å². The summed E-state index contributed by atoms with van der Waals surface area (Å²) in [5, 5.41) is 7.08. The molecule has 4 heteroatoms. The Morgan fingerprint density at radius 3 is 3.00 bits per heavy atom. The Balaban J connectivity index is 1.95. The minimum atomic E-state index is 0.0144. The molecule has 0 fully saturated rings. The van der Waals surface area contributed by atoms with Crippen LogP contribution in [0.25, 0.3) is 10.9 Å². The molecule has 1 amide bonds. The van der Waals surface area contributed by atoms with Gasteiger partial charge in [0.1, 0.15) is 0 Å². The van der Waals surface area contributed by atoms with Gasteiger partial charge >= 0.3 is 0 Å². The molecule has 0 spiro atoms. The van der Waals surface area contributed by atoms with Crippen molar-refractivity contribution < 1.29 is 4.79 Å². The fourth-order valence-corrected chi connectivity index (χ4v) is 1.83. The van der Waals surface area contributed by atoms with Gasteiger partial charge in [-0.15, -0.1) is 6.58 Å². The molecule has 0 saturated heterocycles. The second-order valence-corrected chi connectivity index (χ2v) is 4.15. The van der Waals surface area contributed by atoms with Gasteiger partial charge in [0.05, 0.1) is 11.2 Å². The number of pyridine rings is 1. The number of nitrogens with zero attached hydrogens (tertiary/aromatic N) is 1. The van der Waals surface area contributed by atoms with Crippen LogP contribution < -0.4 is 10.6 Å². The number of para-hydroxylation sites is 1. The number of fused-ring (bicyclic) bond motifs is 1. The Labute approximate surface area is 112 Å². The summed E-state index contributed by atoms with van der Waals surface area (Å²) in [6.07, 6.45) is 3.86. The van der Waals surface area contributed by atoms with Crippen LogP contribution in [0.4, 0.5) is 5.69 Å². The fourth-order valence-electron chi connectivity index (χ4n) is 1.83. The van der Waals surface area contributed by atoms with Crippen LogP contribution >= 0.6 is 0 Å². The van der Waals surface area contributed by atoms with Crippen LogP contribution in [0.2, 0.25) is 0 Å². The van der Waals surface area contributed by atoms with Gasteiger partial charge < -0.3 is 10.6 Å².